The molecule has 1 rings (SSSR count). The molecule has 0 bridgehead atoms. The number of thiocarbonyl (C=S) groups is 1. The summed E-state index contributed by atoms with van der Waals surface area (Å²) in [5.41, 5.74) is 0.576. The van der Waals surface area contributed by atoms with Crippen molar-refractivity contribution in [2.24, 2.45) is 0 Å². The first kappa shape index (κ1) is 17.4. The molecule has 0 atom stereocenters. The molecule has 1 N–H and O–H groups in total. The average molecular weight is 308 g/mol. The van der Waals surface area contributed by atoms with Crippen LogP contribution in [0.25, 0.3) is 0 Å². The lowest BCUT2D eigenvalue weighted by Gasteiger charge is -2.21. The van der Waals surface area contributed by atoms with Gasteiger partial charge in [-0.3, -0.25) is 10.1 Å². The van der Waals surface area contributed by atoms with E-state index in [4.69, 9.17) is 17.0 Å². The molecule has 5 heteroatoms. The van der Waals surface area contributed by atoms with Gasteiger partial charge in [0.15, 0.2) is 5.11 Å². The van der Waals surface area contributed by atoms with Crippen LogP contribution in [-0.2, 0) is 0 Å². The van der Waals surface area contributed by atoms with E-state index >= 15 is 0 Å². The number of hydrogen-bond donors (Lipinski definition) is 1. The summed E-state index contributed by atoms with van der Waals surface area (Å²) in [5, 5.41) is 3.21. The molecule has 0 aliphatic heterocycles. The maximum atomic E-state index is 12.1. The normalized spacial score (nSPS) is 10.0. The first-order valence-electron chi connectivity index (χ1n) is 7.45. The summed E-state index contributed by atoms with van der Waals surface area (Å²) < 4.78 is 5.57. The average Bonchev–Trinajstić information content (AvgIpc) is 2.49. The van der Waals surface area contributed by atoms with Crippen molar-refractivity contribution in [1.29, 1.82) is 0 Å². The number of hydrogen-bond acceptors (Lipinski definition) is 3. The van der Waals surface area contributed by atoms with Crippen molar-refractivity contribution in [2.45, 2.75) is 33.6 Å². The molecule has 0 unspecified atom stereocenters. The third-order valence-corrected chi connectivity index (χ3v) is 3.51. The minimum absolute atomic E-state index is 0.188. The van der Waals surface area contributed by atoms with Gasteiger partial charge in [0.05, 0.1) is 6.61 Å². The lowest BCUT2D eigenvalue weighted by molar-refractivity contribution is 0.0973. The van der Waals surface area contributed by atoms with E-state index in [1.54, 1.807) is 12.1 Å². The maximum absolute atomic E-state index is 12.1. The van der Waals surface area contributed by atoms with Crippen molar-refractivity contribution in [3.05, 3.63) is 29.8 Å². The zero-order valence-corrected chi connectivity index (χ0v) is 13.8. The molecule has 0 aliphatic rings. The number of benzene rings is 1. The standard InChI is InChI=1S/C16H24N2O2S/c1-4-7-12-20-14-10-8-13(9-11-14)15(19)17-16(21)18(5-2)6-3/h8-11H,4-7,12H2,1-3H3,(H,17,19,21). The SMILES string of the molecule is CCCCOc1ccc(C(=O)NC(=S)N(CC)CC)cc1. The number of carbonyl (C=O) groups is 1. The zero-order chi connectivity index (χ0) is 15.7. The Labute approximate surface area is 132 Å². The van der Waals surface area contributed by atoms with Crippen LogP contribution in [0, 0.1) is 0 Å². The molecule has 4 nitrogen and oxygen atoms in total. The molecule has 0 saturated carbocycles. The van der Waals surface area contributed by atoms with E-state index in [-0.39, 0.29) is 5.91 Å². The van der Waals surface area contributed by atoms with E-state index in [1.165, 1.54) is 0 Å². The summed E-state index contributed by atoms with van der Waals surface area (Å²) in [6.45, 7) is 8.39. The molecule has 0 saturated heterocycles. The monoisotopic (exact) mass is 308 g/mol. The summed E-state index contributed by atoms with van der Waals surface area (Å²) in [5.74, 6) is 0.596. The highest BCUT2D eigenvalue weighted by Crippen LogP contribution is 2.12. The minimum atomic E-state index is -0.188. The van der Waals surface area contributed by atoms with Crippen LogP contribution in [0.4, 0.5) is 0 Å². The van der Waals surface area contributed by atoms with Gasteiger partial charge in [-0.2, -0.15) is 0 Å². The fourth-order valence-corrected chi connectivity index (χ4v) is 2.15. The number of rotatable bonds is 7. The first-order valence-corrected chi connectivity index (χ1v) is 7.86. The van der Waals surface area contributed by atoms with E-state index in [0.717, 1.165) is 31.7 Å². The summed E-state index contributed by atoms with van der Waals surface area (Å²) in [6.07, 6.45) is 2.13. The second-order valence-corrected chi connectivity index (χ2v) is 5.04. The van der Waals surface area contributed by atoms with Crippen LogP contribution < -0.4 is 10.1 Å². The third-order valence-electron chi connectivity index (χ3n) is 3.15. The number of nitrogens with zero attached hydrogens (tertiary/aromatic N) is 1. The second-order valence-electron chi connectivity index (χ2n) is 4.66. The summed E-state index contributed by atoms with van der Waals surface area (Å²) in [6, 6.07) is 7.12. The highest BCUT2D eigenvalue weighted by molar-refractivity contribution is 7.80. The quantitative estimate of drug-likeness (QED) is 0.620. The minimum Gasteiger partial charge on any atom is -0.494 e. The molecule has 0 fully saturated rings. The van der Waals surface area contributed by atoms with E-state index in [1.807, 2.05) is 30.9 Å². The number of unbranched alkanes of at least 4 members (excludes halogenated alkanes) is 1. The van der Waals surface area contributed by atoms with Crippen molar-refractivity contribution >= 4 is 23.2 Å². The van der Waals surface area contributed by atoms with E-state index in [2.05, 4.69) is 12.2 Å². The predicted octanol–water partition coefficient (Wildman–Crippen LogP) is 3.22. The summed E-state index contributed by atoms with van der Waals surface area (Å²) >= 11 is 5.22. The van der Waals surface area contributed by atoms with Gasteiger partial charge in [-0.1, -0.05) is 13.3 Å². The lowest BCUT2D eigenvalue weighted by atomic mass is 10.2. The Hall–Kier alpha value is -1.62. The zero-order valence-electron chi connectivity index (χ0n) is 13.0. The molecule has 1 amide bonds. The molecular formula is C16H24N2O2S. The molecule has 0 aliphatic carbocycles. The Morgan fingerprint density at radius 1 is 1.19 bits per heavy atom. The molecular weight excluding hydrogens is 284 g/mol. The van der Waals surface area contributed by atoms with Gasteiger partial charge in [0, 0.05) is 18.7 Å². The molecule has 0 radical (unpaired) electrons. The molecule has 1 aromatic carbocycles. The largest absolute Gasteiger partial charge is 0.494 e. The fraction of sp³-hybridized carbons (Fsp3) is 0.500. The van der Waals surface area contributed by atoms with Gasteiger partial charge in [0.2, 0.25) is 0 Å². The Balaban J connectivity index is 2.56. The van der Waals surface area contributed by atoms with Gasteiger partial charge in [-0.15, -0.1) is 0 Å². The maximum Gasteiger partial charge on any atom is 0.257 e. The molecule has 0 heterocycles. The van der Waals surface area contributed by atoms with Gasteiger partial charge in [-0.05, 0) is 56.8 Å². The predicted molar refractivity (Wildman–Crippen MR) is 89.8 cm³/mol. The number of ether oxygens (including phenoxy) is 1. The van der Waals surface area contributed by atoms with E-state index < -0.39 is 0 Å². The summed E-state index contributed by atoms with van der Waals surface area (Å²) in [7, 11) is 0. The van der Waals surface area contributed by atoms with Gasteiger partial charge < -0.3 is 9.64 Å². The van der Waals surface area contributed by atoms with Gasteiger partial charge in [-0.25, -0.2) is 0 Å². The van der Waals surface area contributed by atoms with Crippen molar-refractivity contribution in [1.82, 2.24) is 10.2 Å². The van der Waals surface area contributed by atoms with Crippen LogP contribution in [0.2, 0.25) is 0 Å². The third kappa shape index (κ3) is 5.71. The van der Waals surface area contributed by atoms with Crippen LogP contribution in [0.3, 0.4) is 0 Å². The van der Waals surface area contributed by atoms with E-state index in [9.17, 15) is 4.79 Å². The van der Waals surface area contributed by atoms with Gasteiger partial charge >= 0.3 is 0 Å². The second kappa shape index (κ2) is 9.34. The molecule has 0 spiro atoms. The van der Waals surface area contributed by atoms with Crippen LogP contribution in [0.15, 0.2) is 24.3 Å². The van der Waals surface area contributed by atoms with Crippen molar-refractivity contribution in [3.8, 4) is 5.75 Å². The summed E-state index contributed by atoms with van der Waals surface area (Å²) in [4.78, 5) is 14.0. The molecule has 1 aromatic rings. The number of carbonyl (C=O) groups excluding carboxylic acids is 1. The van der Waals surface area contributed by atoms with Gasteiger partial charge in [0.1, 0.15) is 5.75 Å². The van der Waals surface area contributed by atoms with Crippen molar-refractivity contribution in [2.75, 3.05) is 19.7 Å². The lowest BCUT2D eigenvalue weighted by Crippen LogP contribution is -2.42. The van der Waals surface area contributed by atoms with Gasteiger partial charge in [0.25, 0.3) is 5.91 Å². The van der Waals surface area contributed by atoms with Crippen LogP contribution in [0.1, 0.15) is 44.0 Å². The Morgan fingerprint density at radius 2 is 1.81 bits per heavy atom. The molecule has 21 heavy (non-hydrogen) atoms. The number of nitrogens with one attached hydrogen (secondary N) is 1. The van der Waals surface area contributed by atoms with Crippen LogP contribution in [-0.4, -0.2) is 35.6 Å². The van der Waals surface area contributed by atoms with Crippen LogP contribution >= 0.6 is 12.2 Å². The Kier molecular flexibility index (Phi) is 7.75. The molecule has 116 valence electrons. The van der Waals surface area contributed by atoms with Crippen molar-refractivity contribution in [3.63, 3.8) is 0 Å². The Morgan fingerprint density at radius 3 is 2.33 bits per heavy atom. The fourth-order valence-electron chi connectivity index (χ4n) is 1.80. The van der Waals surface area contributed by atoms with Crippen molar-refractivity contribution < 1.29 is 9.53 Å². The first-order chi connectivity index (χ1) is 10.1. The molecule has 0 aromatic heterocycles. The van der Waals surface area contributed by atoms with E-state index in [0.29, 0.717) is 17.3 Å². The smallest absolute Gasteiger partial charge is 0.257 e. The highest BCUT2D eigenvalue weighted by Gasteiger charge is 2.11. The number of amides is 1. The highest BCUT2D eigenvalue weighted by atomic mass is 32.1. The van der Waals surface area contributed by atoms with Crippen LogP contribution in [0.5, 0.6) is 5.75 Å². The Bertz CT molecular complexity index is 456. The topological polar surface area (TPSA) is 41.6 Å².